The van der Waals surface area contributed by atoms with E-state index in [1.54, 1.807) is 30.1 Å². The number of carbonyl (C=O) groups excluding carboxylic acids is 2. The molecule has 0 saturated carbocycles. The number of carbonyl (C=O) groups is 2. The zero-order valence-electron chi connectivity index (χ0n) is 14.0. The summed E-state index contributed by atoms with van der Waals surface area (Å²) in [5.74, 6) is -0.358. The molecule has 1 saturated heterocycles. The summed E-state index contributed by atoms with van der Waals surface area (Å²) >= 11 is 11.9. The minimum absolute atomic E-state index is 0.0416. The number of rotatable bonds is 5. The quantitative estimate of drug-likeness (QED) is 0.703. The minimum Gasteiger partial charge on any atom is -0.358 e. The lowest BCUT2D eigenvalue weighted by atomic mass is 10.1. The predicted molar refractivity (Wildman–Crippen MR) is 97.2 cm³/mol. The van der Waals surface area contributed by atoms with Crippen LogP contribution in [0.3, 0.4) is 0 Å². The summed E-state index contributed by atoms with van der Waals surface area (Å²) in [4.78, 5) is 23.9. The van der Waals surface area contributed by atoms with Crippen molar-refractivity contribution in [2.45, 2.75) is 25.0 Å². The molecule has 1 fully saturated rings. The molecule has 2 atom stereocenters. The van der Waals surface area contributed by atoms with Crippen LogP contribution < -0.4 is 16.0 Å². The van der Waals surface area contributed by atoms with Gasteiger partial charge in [0.2, 0.25) is 5.91 Å². The Hall–Kier alpha value is -2.16. The second kappa shape index (κ2) is 8.03. The van der Waals surface area contributed by atoms with Crippen LogP contribution in [0.2, 0.25) is 10.0 Å². The number of hydrogen-bond donors (Lipinski definition) is 3. The third kappa shape index (κ3) is 4.14. The van der Waals surface area contributed by atoms with Crippen LogP contribution in [0, 0.1) is 0 Å². The van der Waals surface area contributed by atoms with E-state index in [0.29, 0.717) is 29.2 Å². The van der Waals surface area contributed by atoms with Crippen LogP contribution in [-0.2, 0) is 11.3 Å². The summed E-state index contributed by atoms with van der Waals surface area (Å²) in [6.45, 7) is 0.852. The molecule has 1 aromatic carbocycles. The maximum Gasteiger partial charge on any atom is 0.253 e. The van der Waals surface area contributed by atoms with Crippen molar-refractivity contribution in [3.63, 3.8) is 0 Å². The lowest BCUT2D eigenvalue weighted by Gasteiger charge is -2.09. The number of likely N-dealkylation sites (N-methyl/N-ethyl adjacent to an activating group) is 1. The second-order valence-corrected chi connectivity index (χ2v) is 6.80. The number of halogens is 2. The summed E-state index contributed by atoms with van der Waals surface area (Å²) in [6.07, 6.45) is 2.40. The molecule has 2 unspecified atom stereocenters. The number of nitrogens with one attached hydrogen (secondary N) is 3. The maximum absolute atomic E-state index is 12.2. The van der Waals surface area contributed by atoms with E-state index in [2.05, 4.69) is 26.3 Å². The van der Waals surface area contributed by atoms with Crippen LogP contribution >= 0.6 is 23.2 Å². The lowest BCUT2D eigenvalue weighted by Crippen LogP contribution is -2.38. The average molecular weight is 397 g/mol. The Labute approximate surface area is 160 Å². The van der Waals surface area contributed by atoms with Gasteiger partial charge in [0.1, 0.15) is 5.69 Å². The van der Waals surface area contributed by atoms with Crippen LogP contribution in [0.1, 0.15) is 28.5 Å². The SMILES string of the molecule is CNC(=O)C1CC(n2cc(CNC(=O)c3ccc(Cl)cc3Cl)nn2)CN1. The minimum atomic E-state index is -0.316. The average Bonchev–Trinajstić information content (AvgIpc) is 3.28. The van der Waals surface area contributed by atoms with Crippen LogP contribution in [0.15, 0.2) is 24.4 Å². The van der Waals surface area contributed by atoms with E-state index < -0.39 is 0 Å². The Kier molecular flexibility index (Phi) is 5.75. The molecule has 2 aromatic rings. The molecule has 8 nitrogen and oxygen atoms in total. The smallest absolute Gasteiger partial charge is 0.253 e. The Balaban J connectivity index is 1.57. The largest absolute Gasteiger partial charge is 0.358 e. The van der Waals surface area contributed by atoms with Crippen molar-refractivity contribution in [3.05, 3.63) is 45.7 Å². The van der Waals surface area contributed by atoms with E-state index in [4.69, 9.17) is 23.2 Å². The van der Waals surface area contributed by atoms with Gasteiger partial charge in [-0.25, -0.2) is 4.68 Å². The van der Waals surface area contributed by atoms with E-state index >= 15 is 0 Å². The Morgan fingerprint density at radius 1 is 1.38 bits per heavy atom. The van der Waals surface area contributed by atoms with Crippen molar-refractivity contribution in [2.75, 3.05) is 13.6 Å². The zero-order valence-corrected chi connectivity index (χ0v) is 15.5. The highest BCUT2D eigenvalue weighted by molar-refractivity contribution is 6.36. The summed E-state index contributed by atoms with van der Waals surface area (Å²) in [6, 6.07) is 4.50. The second-order valence-electron chi connectivity index (χ2n) is 5.96. The van der Waals surface area contributed by atoms with Gasteiger partial charge in [0.05, 0.1) is 35.4 Å². The van der Waals surface area contributed by atoms with Gasteiger partial charge in [-0.1, -0.05) is 28.4 Å². The van der Waals surface area contributed by atoms with Crippen molar-refractivity contribution in [3.8, 4) is 0 Å². The van der Waals surface area contributed by atoms with Gasteiger partial charge in [-0.15, -0.1) is 5.10 Å². The number of aromatic nitrogens is 3. The standard InChI is InChI=1S/C16H18Cl2N6O2/c1-19-16(26)14-5-11(7-20-14)24-8-10(22-23-24)6-21-15(25)12-3-2-9(17)4-13(12)18/h2-4,8,11,14,20H,5-7H2,1H3,(H,19,26)(H,21,25). The molecule has 0 radical (unpaired) electrons. The van der Waals surface area contributed by atoms with Crippen molar-refractivity contribution < 1.29 is 9.59 Å². The topological polar surface area (TPSA) is 101 Å². The predicted octanol–water partition coefficient (Wildman–Crippen LogP) is 1.16. The Morgan fingerprint density at radius 3 is 2.92 bits per heavy atom. The summed E-state index contributed by atoms with van der Waals surface area (Å²) < 4.78 is 1.71. The van der Waals surface area contributed by atoms with E-state index in [-0.39, 0.29) is 35.5 Å². The summed E-state index contributed by atoms with van der Waals surface area (Å²) in [5, 5.41) is 17.5. The third-order valence-corrected chi connectivity index (χ3v) is 4.76. The van der Waals surface area contributed by atoms with Gasteiger partial charge in [0.25, 0.3) is 5.91 Å². The van der Waals surface area contributed by atoms with Gasteiger partial charge < -0.3 is 16.0 Å². The highest BCUT2D eigenvalue weighted by Gasteiger charge is 2.30. The van der Waals surface area contributed by atoms with Gasteiger partial charge in [0, 0.05) is 18.6 Å². The van der Waals surface area contributed by atoms with Crippen LogP contribution in [0.25, 0.3) is 0 Å². The molecule has 2 heterocycles. The molecule has 1 aromatic heterocycles. The highest BCUT2D eigenvalue weighted by Crippen LogP contribution is 2.21. The van der Waals surface area contributed by atoms with Gasteiger partial charge in [-0.2, -0.15) is 0 Å². The first-order valence-corrected chi connectivity index (χ1v) is 8.82. The van der Waals surface area contributed by atoms with Crippen LogP contribution in [0.5, 0.6) is 0 Å². The molecule has 2 amide bonds. The summed E-state index contributed by atoms with van der Waals surface area (Å²) in [5.41, 5.74) is 0.962. The monoisotopic (exact) mass is 396 g/mol. The van der Waals surface area contributed by atoms with Crippen molar-refractivity contribution in [2.24, 2.45) is 0 Å². The van der Waals surface area contributed by atoms with E-state index in [1.165, 1.54) is 6.07 Å². The Bertz CT molecular complexity index is 825. The molecule has 1 aliphatic rings. The van der Waals surface area contributed by atoms with Crippen molar-refractivity contribution in [1.29, 1.82) is 0 Å². The maximum atomic E-state index is 12.2. The van der Waals surface area contributed by atoms with Crippen molar-refractivity contribution >= 4 is 35.0 Å². The Morgan fingerprint density at radius 2 is 2.19 bits per heavy atom. The summed E-state index contributed by atoms with van der Waals surface area (Å²) in [7, 11) is 1.61. The van der Waals surface area contributed by atoms with Gasteiger partial charge in [-0.3, -0.25) is 9.59 Å². The molecular formula is C16H18Cl2N6O2. The fourth-order valence-electron chi connectivity index (χ4n) is 2.81. The molecule has 10 heteroatoms. The lowest BCUT2D eigenvalue weighted by molar-refractivity contribution is -0.122. The van der Waals surface area contributed by atoms with Gasteiger partial charge >= 0.3 is 0 Å². The van der Waals surface area contributed by atoms with Gasteiger partial charge in [0.15, 0.2) is 0 Å². The van der Waals surface area contributed by atoms with E-state index in [9.17, 15) is 9.59 Å². The first-order chi connectivity index (χ1) is 12.5. The van der Waals surface area contributed by atoms with Crippen molar-refractivity contribution in [1.82, 2.24) is 30.9 Å². The number of amides is 2. The zero-order chi connectivity index (χ0) is 18.7. The molecule has 0 aliphatic carbocycles. The molecule has 0 bridgehead atoms. The molecule has 3 N–H and O–H groups in total. The number of hydrogen-bond acceptors (Lipinski definition) is 5. The molecule has 26 heavy (non-hydrogen) atoms. The normalized spacial score (nSPS) is 19.3. The highest BCUT2D eigenvalue weighted by atomic mass is 35.5. The molecule has 3 rings (SSSR count). The first-order valence-electron chi connectivity index (χ1n) is 8.07. The number of benzene rings is 1. The van der Waals surface area contributed by atoms with E-state index in [0.717, 1.165) is 0 Å². The fourth-order valence-corrected chi connectivity index (χ4v) is 3.30. The van der Waals surface area contributed by atoms with Crippen LogP contribution in [-0.4, -0.2) is 46.4 Å². The fraction of sp³-hybridized carbons (Fsp3) is 0.375. The molecular weight excluding hydrogens is 379 g/mol. The van der Waals surface area contributed by atoms with Crippen LogP contribution in [0.4, 0.5) is 0 Å². The molecule has 0 spiro atoms. The molecule has 138 valence electrons. The molecule has 1 aliphatic heterocycles. The van der Waals surface area contributed by atoms with Gasteiger partial charge in [-0.05, 0) is 24.6 Å². The third-order valence-electron chi connectivity index (χ3n) is 4.21. The first kappa shape index (κ1) is 18.6. The van der Waals surface area contributed by atoms with E-state index in [1.807, 2.05) is 0 Å². The number of nitrogens with zero attached hydrogens (tertiary/aromatic N) is 3.